The van der Waals surface area contributed by atoms with Gasteiger partial charge < -0.3 is 5.32 Å². The Balaban J connectivity index is 2.07. The number of thioether (sulfide) groups is 1. The normalized spacial score (nSPS) is 13.4. The van der Waals surface area contributed by atoms with Gasteiger partial charge >= 0.3 is 0 Å². The van der Waals surface area contributed by atoms with E-state index in [2.05, 4.69) is 22.2 Å². The highest BCUT2D eigenvalue weighted by atomic mass is 35.5. The fraction of sp³-hybridized carbons (Fsp3) is 0.286. The first-order valence-electron chi connectivity index (χ1n) is 6.25. The van der Waals surface area contributed by atoms with E-state index in [1.165, 1.54) is 5.56 Å². The summed E-state index contributed by atoms with van der Waals surface area (Å²) in [4.78, 5) is 9.34. The fourth-order valence-corrected chi connectivity index (χ4v) is 3.26. The summed E-state index contributed by atoms with van der Waals surface area (Å²) in [5.74, 6) is 3.71. The minimum atomic E-state index is 0.729. The van der Waals surface area contributed by atoms with Crippen molar-refractivity contribution >= 4 is 29.2 Å². The number of anilines is 1. The van der Waals surface area contributed by atoms with Crippen LogP contribution in [0.5, 0.6) is 0 Å². The number of rotatable bonds is 3. The van der Waals surface area contributed by atoms with Crippen LogP contribution < -0.4 is 5.32 Å². The second-order valence-corrected chi connectivity index (χ2v) is 5.77. The fourth-order valence-electron chi connectivity index (χ4n) is 2.09. The van der Waals surface area contributed by atoms with Gasteiger partial charge in [0.25, 0.3) is 0 Å². The molecule has 0 amide bonds. The standard InChI is InChI=1S/C14H14ClN3S/c1-2-16-14-11-7-19-8-12(11)17-13(18-14)9-3-5-10(15)6-4-9/h3-6H,2,7-8H2,1H3,(H,16,17,18). The van der Waals surface area contributed by atoms with Crippen molar-refractivity contribution in [2.24, 2.45) is 0 Å². The number of hydrogen-bond acceptors (Lipinski definition) is 4. The summed E-state index contributed by atoms with van der Waals surface area (Å²) in [6.45, 7) is 2.95. The SMILES string of the molecule is CCNc1nc(-c2ccc(Cl)cc2)nc2c1CSC2. The predicted molar refractivity (Wildman–Crippen MR) is 81.6 cm³/mol. The van der Waals surface area contributed by atoms with Crippen LogP contribution in [0.2, 0.25) is 5.02 Å². The van der Waals surface area contributed by atoms with E-state index >= 15 is 0 Å². The molecule has 0 spiro atoms. The zero-order chi connectivity index (χ0) is 13.2. The molecule has 2 aromatic rings. The van der Waals surface area contributed by atoms with E-state index in [-0.39, 0.29) is 0 Å². The zero-order valence-corrected chi connectivity index (χ0v) is 12.2. The van der Waals surface area contributed by atoms with Crippen LogP contribution in [0.1, 0.15) is 18.2 Å². The molecular formula is C14H14ClN3S. The summed E-state index contributed by atoms with van der Waals surface area (Å²) >= 11 is 7.80. The lowest BCUT2D eigenvalue weighted by atomic mass is 10.2. The van der Waals surface area contributed by atoms with Gasteiger partial charge in [-0.3, -0.25) is 0 Å². The number of fused-ring (bicyclic) bond motifs is 1. The number of nitrogens with one attached hydrogen (secondary N) is 1. The summed E-state index contributed by atoms with van der Waals surface area (Å²) in [7, 11) is 0. The molecule has 2 heterocycles. The van der Waals surface area contributed by atoms with Crippen LogP contribution in [0.15, 0.2) is 24.3 Å². The minimum Gasteiger partial charge on any atom is -0.370 e. The highest BCUT2D eigenvalue weighted by molar-refractivity contribution is 7.98. The lowest BCUT2D eigenvalue weighted by molar-refractivity contribution is 1.05. The Morgan fingerprint density at radius 2 is 2.00 bits per heavy atom. The summed E-state index contributed by atoms with van der Waals surface area (Å²) in [5.41, 5.74) is 3.41. The number of benzene rings is 1. The van der Waals surface area contributed by atoms with Gasteiger partial charge in [0.1, 0.15) is 5.82 Å². The second-order valence-electron chi connectivity index (χ2n) is 4.35. The first-order valence-corrected chi connectivity index (χ1v) is 7.78. The lowest BCUT2D eigenvalue weighted by Gasteiger charge is -2.10. The summed E-state index contributed by atoms with van der Waals surface area (Å²) < 4.78 is 0. The van der Waals surface area contributed by atoms with E-state index in [0.29, 0.717) is 0 Å². The first-order chi connectivity index (χ1) is 9.28. The third-order valence-electron chi connectivity index (χ3n) is 3.02. The van der Waals surface area contributed by atoms with Crippen LogP contribution in [0, 0.1) is 0 Å². The van der Waals surface area contributed by atoms with Crippen LogP contribution in [-0.4, -0.2) is 16.5 Å². The molecule has 3 nitrogen and oxygen atoms in total. The Morgan fingerprint density at radius 3 is 2.74 bits per heavy atom. The lowest BCUT2D eigenvalue weighted by Crippen LogP contribution is -2.06. The molecule has 1 N–H and O–H groups in total. The molecule has 0 aliphatic carbocycles. The molecule has 98 valence electrons. The molecule has 0 saturated heterocycles. The summed E-state index contributed by atoms with van der Waals surface area (Å²) in [6, 6.07) is 7.66. The van der Waals surface area contributed by atoms with Crippen LogP contribution in [-0.2, 0) is 11.5 Å². The molecular weight excluding hydrogens is 278 g/mol. The number of nitrogens with zero attached hydrogens (tertiary/aromatic N) is 2. The summed E-state index contributed by atoms with van der Waals surface area (Å²) in [5, 5.41) is 4.07. The van der Waals surface area contributed by atoms with Crippen molar-refractivity contribution in [1.82, 2.24) is 9.97 Å². The molecule has 0 atom stereocenters. The van der Waals surface area contributed by atoms with Crippen molar-refractivity contribution in [2.75, 3.05) is 11.9 Å². The van der Waals surface area contributed by atoms with Gasteiger partial charge in [0.05, 0.1) is 5.69 Å². The van der Waals surface area contributed by atoms with Gasteiger partial charge in [0.2, 0.25) is 0 Å². The molecule has 0 saturated carbocycles. The molecule has 5 heteroatoms. The van der Waals surface area contributed by atoms with Crippen LogP contribution in [0.25, 0.3) is 11.4 Å². The highest BCUT2D eigenvalue weighted by Crippen LogP contribution is 2.34. The van der Waals surface area contributed by atoms with E-state index in [9.17, 15) is 0 Å². The van der Waals surface area contributed by atoms with E-state index in [0.717, 1.165) is 46.0 Å². The molecule has 19 heavy (non-hydrogen) atoms. The Morgan fingerprint density at radius 1 is 1.21 bits per heavy atom. The zero-order valence-electron chi connectivity index (χ0n) is 10.6. The Hall–Kier alpha value is -1.26. The first kappa shape index (κ1) is 12.8. The van der Waals surface area contributed by atoms with Crippen molar-refractivity contribution in [3.05, 3.63) is 40.5 Å². The molecule has 1 aromatic carbocycles. The topological polar surface area (TPSA) is 37.8 Å². The molecule has 1 aromatic heterocycles. The molecule has 0 bridgehead atoms. The Labute approximate surface area is 121 Å². The number of aromatic nitrogens is 2. The molecule has 1 aliphatic heterocycles. The van der Waals surface area contributed by atoms with Crippen LogP contribution in [0.4, 0.5) is 5.82 Å². The Bertz CT molecular complexity index is 598. The number of hydrogen-bond donors (Lipinski definition) is 1. The van der Waals surface area contributed by atoms with Gasteiger partial charge in [-0.05, 0) is 31.2 Å². The van der Waals surface area contributed by atoms with Gasteiger partial charge in [0, 0.05) is 34.2 Å². The van der Waals surface area contributed by atoms with Crippen LogP contribution >= 0.6 is 23.4 Å². The highest BCUT2D eigenvalue weighted by Gasteiger charge is 2.19. The minimum absolute atomic E-state index is 0.729. The second kappa shape index (κ2) is 5.39. The van der Waals surface area contributed by atoms with Crippen LogP contribution in [0.3, 0.4) is 0 Å². The quantitative estimate of drug-likeness (QED) is 0.928. The third kappa shape index (κ3) is 2.55. The van der Waals surface area contributed by atoms with Crippen molar-refractivity contribution in [2.45, 2.75) is 18.4 Å². The van der Waals surface area contributed by atoms with Gasteiger partial charge in [-0.1, -0.05) is 11.6 Å². The maximum Gasteiger partial charge on any atom is 0.161 e. The Kier molecular flexibility index (Phi) is 3.62. The van der Waals surface area contributed by atoms with E-state index in [4.69, 9.17) is 11.6 Å². The third-order valence-corrected chi connectivity index (χ3v) is 4.25. The van der Waals surface area contributed by atoms with Gasteiger partial charge in [0.15, 0.2) is 5.82 Å². The van der Waals surface area contributed by atoms with Crippen molar-refractivity contribution in [3.8, 4) is 11.4 Å². The van der Waals surface area contributed by atoms with Gasteiger partial charge in [-0.25, -0.2) is 9.97 Å². The number of halogens is 1. The molecule has 3 rings (SSSR count). The smallest absolute Gasteiger partial charge is 0.161 e. The summed E-state index contributed by atoms with van der Waals surface area (Å²) in [6.07, 6.45) is 0. The maximum atomic E-state index is 5.92. The van der Waals surface area contributed by atoms with Crippen molar-refractivity contribution < 1.29 is 0 Å². The van der Waals surface area contributed by atoms with Crippen molar-refractivity contribution in [1.29, 1.82) is 0 Å². The van der Waals surface area contributed by atoms with Crippen molar-refractivity contribution in [3.63, 3.8) is 0 Å². The molecule has 1 aliphatic rings. The van der Waals surface area contributed by atoms with Gasteiger partial charge in [-0.15, -0.1) is 0 Å². The largest absolute Gasteiger partial charge is 0.370 e. The van der Waals surface area contributed by atoms with E-state index in [1.54, 1.807) is 0 Å². The monoisotopic (exact) mass is 291 g/mol. The van der Waals surface area contributed by atoms with E-state index in [1.807, 2.05) is 36.0 Å². The average molecular weight is 292 g/mol. The molecule has 0 fully saturated rings. The average Bonchev–Trinajstić information content (AvgIpc) is 2.88. The van der Waals surface area contributed by atoms with Gasteiger partial charge in [-0.2, -0.15) is 11.8 Å². The molecule has 0 unspecified atom stereocenters. The predicted octanol–water partition coefficient (Wildman–Crippen LogP) is 3.98. The maximum absolute atomic E-state index is 5.92. The molecule has 0 radical (unpaired) electrons. The van der Waals surface area contributed by atoms with E-state index < -0.39 is 0 Å².